The van der Waals surface area contributed by atoms with E-state index in [1.165, 1.54) is 0 Å². The smallest absolute Gasteiger partial charge is 0.341 e. The molecule has 0 amide bonds. The normalized spacial score (nSPS) is 28.0. The maximum atomic E-state index is 12.9. The van der Waals surface area contributed by atoms with Crippen LogP contribution < -0.4 is 4.74 Å². The molecule has 186 valence electrons. The third-order valence-corrected chi connectivity index (χ3v) is 6.73. The number of hydrogen-bond donors (Lipinski definition) is 4. The summed E-state index contributed by atoms with van der Waals surface area (Å²) >= 11 is 0. The number of aliphatic carboxylic acids is 1. The second-order valence-electron chi connectivity index (χ2n) is 9.35. The lowest BCUT2D eigenvalue weighted by Gasteiger charge is -2.37. The number of hydrogen-bond acceptors (Lipinski definition) is 7. The molecule has 1 aromatic carbocycles. The molecular weight excluding hydrogens is 440 g/mol. The Morgan fingerprint density at radius 1 is 1.26 bits per heavy atom. The van der Waals surface area contributed by atoms with E-state index in [9.17, 15) is 24.9 Å². The van der Waals surface area contributed by atoms with Crippen LogP contribution in [0.4, 0.5) is 0 Å². The molecule has 2 aliphatic rings. The lowest BCUT2D eigenvalue weighted by Crippen LogP contribution is -2.50. The van der Waals surface area contributed by atoms with E-state index in [2.05, 4.69) is 0 Å². The van der Waals surface area contributed by atoms with Crippen LogP contribution in [-0.2, 0) is 16.0 Å². The number of allylic oxidation sites excluding steroid dienone is 2. The number of aliphatic hydroxyl groups excluding tert-OH is 3. The fourth-order valence-corrected chi connectivity index (χ4v) is 4.33. The van der Waals surface area contributed by atoms with Crippen molar-refractivity contribution < 1.29 is 39.5 Å². The van der Waals surface area contributed by atoms with Crippen LogP contribution in [0.2, 0.25) is 0 Å². The van der Waals surface area contributed by atoms with Gasteiger partial charge in [-0.2, -0.15) is 0 Å². The second kappa shape index (κ2) is 11.3. The zero-order chi connectivity index (χ0) is 25.0. The summed E-state index contributed by atoms with van der Waals surface area (Å²) in [7, 11) is 0. The maximum Gasteiger partial charge on any atom is 0.341 e. The predicted octanol–water partition coefficient (Wildman–Crippen LogP) is 2.30. The molecule has 34 heavy (non-hydrogen) atoms. The van der Waals surface area contributed by atoms with Gasteiger partial charge in [-0.15, -0.1) is 0 Å². The van der Waals surface area contributed by atoms with Crippen molar-refractivity contribution >= 4 is 11.8 Å². The number of ether oxygens (including phenoxy) is 2. The summed E-state index contributed by atoms with van der Waals surface area (Å²) in [5.41, 5.74) is 2.73. The summed E-state index contributed by atoms with van der Waals surface area (Å²) in [6, 6.07) is 4.91. The van der Waals surface area contributed by atoms with Crippen LogP contribution in [0.15, 0.2) is 41.5 Å². The highest BCUT2D eigenvalue weighted by Gasteiger charge is 2.38. The topological polar surface area (TPSA) is 134 Å². The van der Waals surface area contributed by atoms with Gasteiger partial charge in [-0.05, 0) is 56.4 Å². The Balaban J connectivity index is 1.62. The molecule has 3 rings (SSSR count). The SMILES string of the molecule is C/C(C[C@@H]1OCC(C/C=C/[C@@H](C)[C@H](C)O)[C@@H](O)[C@H]1O)=C1/Cc2cc(OCC(=O)O)ccc2C1=O. The number of ketones is 1. The molecule has 0 radical (unpaired) electrons. The number of carboxylic acids is 1. The van der Waals surface area contributed by atoms with Crippen LogP contribution >= 0.6 is 0 Å². The van der Waals surface area contributed by atoms with Crippen LogP contribution in [0.1, 0.15) is 49.5 Å². The van der Waals surface area contributed by atoms with E-state index in [1.54, 1.807) is 25.1 Å². The van der Waals surface area contributed by atoms with E-state index < -0.39 is 37.0 Å². The standard InChI is InChI=1S/C26H34O8/c1-14(16(3)27)5-4-6-17-12-34-22(26(32)24(17)30)9-15(2)21-11-18-10-19(33-13-23(28)29)7-8-20(18)25(21)31/h4-5,7-8,10,14,16-17,22,24,26-27,30,32H,6,9,11-13H2,1-3H3,(H,28,29)/b5-4+,21-15+/t14-,16+,17?,22+,24-,26+/m1/s1. The predicted molar refractivity (Wildman–Crippen MR) is 125 cm³/mol. The number of carbonyl (C=O) groups is 2. The Labute approximate surface area is 199 Å². The molecule has 8 heteroatoms. The molecule has 0 aromatic heterocycles. The van der Waals surface area contributed by atoms with E-state index in [1.807, 2.05) is 26.0 Å². The molecule has 0 bridgehead atoms. The highest BCUT2D eigenvalue weighted by molar-refractivity contribution is 6.13. The summed E-state index contributed by atoms with van der Waals surface area (Å²) in [6.45, 7) is 5.29. The third kappa shape index (κ3) is 6.13. The Bertz CT molecular complexity index is 964. The quantitative estimate of drug-likeness (QED) is 0.316. The van der Waals surface area contributed by atoms with Gasteiger partial charge in [0.1, 0.15) is 11.9 Å². The van der Waals surface area contributed by atoms with Gasteiger partial charge in [-0.25, -0.2) is 4.79 Å². The average molecular weight is 475 g/mol. The molecule has 1 unspecified atom stereocenters. The van der Waals surface area contributed by atoms with Crippen molar-refractivity contribution in [1.29, 1.82) is 0 Å². The second-order valence-corrected chi connectivity index (χ2v) is 9.35. The van der Waals surface area contributed by atoms with Crippen LogP contribution in [0, 0.1) is 11.8 Å². The molecule has 1 aliphatic carbocycles. The van der Waals surface area contributed by atoms with Crippen molar-refractivity contribution in [3.63, 3.8) is 0 Å². The molecule has 0 saturated carbocycles. The molecule has 1 aliphatic heterocycles. The fourth-order valence-electron chi connectivity index (χ4n) is 4.33. The van der Waals surface area contributed by atoms with Gasteiger partial charge in [-0.3, -0.25) is 4.79 Å². The van der Waals surface area contributed by atoms with Crippen LogP contribution in [-0.4, -0.2) is 69.8 Å². The monoisotopic (exact) mass is 474 g/mol. The Morgan fingerprint density at radius 3 is 2.68 bits per heavy atom. The number of fused-ring (bicyclic) bond motifs is 1. The zero-order valence-corrected chi connectivity index (χ0v) is 19.8. The Hall–Kier alpha value is -2.52. The fraction of sp³-hybridized carbons (Fsp3) is 0.538. The number of aliphatic hydroxyl groups is 3. The molecular formula is C26H34O8. The lowest BCUT2D eigenvalue weighted by molar-refractivity contribution is -0.162. The first-order chi connectivity index (χ1) is 16.1. The van der Waals surface area contributed by atoms with Gasteiger partial charge in [0, 0.05) is 23.5 Å². The van der Waals surface area contributed by atoms with Crippen LogP contribution in [0.5, 0.6) is 5.75 Å². The van der Waals surface area contributed by atoms with E-state index in [0.717, 1.165) is 11.1 Å². The molecule has 1 aromatic rings. The van der Waals surface area contributed by atoms with Gasteiger partial charge in [-0.1, -0.05) is 24.6 Å². The first-order valence-corrected chi connectivity index (χ1v) is 11.6. The van der Waals surface area contributed by atoms with Gasteiger partial charge in [0.2, 0.25) is 0 Å². The summed E-state index contributed by atoms with van der Waals surface area (Å²) in [5, 5.41) is 39.6. The van der Waals surface area contributed by atoms with Crippen molar-refractivity contribution in [2.75, 3.05) is 13.2 Å². The van der Waals surface area contributed by atoms with Crippen LogP contribution in [0.25, 0.3) is 0 Å². The first kappa shape index (κ1) is 26.1. The molecule has 6 atom stereocenters. The summed E-state index contributed by atoms with van der Waals surface area (Å²) in [4.78, 5) is 23.6. The summed E-state index contributed by atoms with van der Waals surface area (Å²) < 4.78 is 11.1. The molecule has 8 nitrogen and oxygen atoms in total. The molecule has 0 spiro atoms. The number of Topliss-reactive ketones (excluding diaryl/α,β-unsaturated/α-hetero) is 1. The minimum absolute atomic E-state index is 0.00137. The minimum Gasteiger partial charge on any atom is -0.482 e. The van der Waals surface area contributed by atoms with Crippen molar-refractivity contribution in [3.05, 3.63) is 52.6 Å². The number of benzene rings is 1. The highest BCUT2D eigenvalue weighted by Crippen LogP contribution is 2.34. The van der Waals surface area contributed by atoms with Gasteiger partial charge in [0.25, 0.3) is 0 Å². The van der Waals surface area contributed by atoms with E-state index >= 15 is 0 Å². The Kier molecular flexibility index (Phi) is 8.65. The highest BCUT2D eigenvalue weighted by atomic mass is 16.5. The van der Waals surface area contributed by atoms with E-state index in [4.69, 9.17) is 14.6 Å². The lowest BCUT2D eigenvalue weighted by atomic mass is 9.86. The number of rotatable bonds is 9. The molecule has 1 fully saturated rings. The van der Waals surface area contributed by atoms with Gasteiger partial charge >= 0.3 is 5.97 Å². The largest absolute Gasteiger partial charge is 0.482 e. The van der Waals surface area contributed by atoms with Crippen molar-refractivity contribution in [3.8, 4) is 5.75 Å². The minimum atomic E-state index is -1.08. The third-order valence-electron chi connectivity index (χ3n) is 6.73. The molecule has 1 heterocycles. The van der Waals surface area contributed by atoms with Gasteiger partial charge in [0.05, 0.1) is 24.9 Å². The first-order valence-electron chi connectivity index (χ1n) is 11.6. The van der Waals surface area contributed by atoms with E-state index in [0.29, 0.717) is 36.1 Å². The number of carbonyl (C=O) groups excluding carboxylic acids is 1. The van der Waals surface area contributed by atoms with Crippen molar-refractivity contribution in [1.82, 2.24) is 0 Å². The molecule has 1 saturated heterocycles. The van der Waals surface area contributed by atoms with Gasteiger partial charge < -0.3 is 29.9 Å². The summed E-state index contributed by atoms with van der Waals surface area (Å²) in [5.74, 6) is -1.03. The zero-order valence-electron chi connectivity index (χ0n) is 19.8. The van der Waals surface area contributed by atoms with Crippen molar-refractivity contribution in [2.24, 2.45) is 11.8 Å². The average Bonchev–Trinajstić information content (AvgIpc) is 3.12. The Morgan fingerprint density at radius 2 is 2.00 bits per heavy atom. The van der Waals surface area contributed by atoms with Crippen LogP contribution in [0.3, 0.4) is 0 Å². The van der Waals surface area contributed by atoms with Gasteiger partial charge in [0.15, 0.2) is 12.4 Å². The van der Waals surface area contributed by atoms with E-state index in [-0.39, 0.29) is 24.2 Å². The summed E-state index contributed by atoms with van der Waals surface area (Å²) in [6.07, 6.45) is 1.93. The van der Waals surface area contributed by atoms with Crippen molar-refractivity contribution in [2.45, 2.75) is 64.4 Å². The maximum absolute atomic E-state index is 12.9. The molecule has 4 N–H and O–H groups in total. The number of carboxylic acid groups (broad SMARTS) is 1.